The summed E-state index contributed by atoms with van der Waals surface area (Å²) in [5, 5.41) is 0. The molecule has 15 heavy (non-hydrogen) atoms. The highest BCUT2D eigenvalue weighted by Gasteiger charge is 2.04. The Bertz CT molecular complexity index is 530. The second-order valence-corrected chi connectivity index (χ2v) is 3.18. The van der Waals surface area contributed by atoms with Gasteiger partial charge in [-0.05, 0) is 13.0 Å². The molecule has 4 nitrogen and oxygen atoms in total. The summed E-state index contributed by atoms with van der Waals surface area (Å²) in [5.74, 6) is 0.590. The van der Waals surface area contributed by atoms with Gasteiger partial charge in [-0.15, -0.1) is 0 Å². The van der Waals surface area contributed by atoms with Crippen molar-refractivity contribution in [1.82, 2.24) is 9.55 Å². The van der Waals surface area contributed by atoms with Gasteiger partial charge in [0.15, 0.2) is 0 Å². The first-order chi connectivity index (χ1) is 7.15. The van der Waals surface area contributed by atoms with Crippen molar-refractivity contribution < 1.29 is 8.81 Å². The van der Waals surface area contributed by atoms with E-state index in [9.17, 15) is 9.18 Å². The molecule has 2 rings (SSSR count). The zero-order valence-electron chi connectivity index (χ0n) is 8.11. The number of nitrogens with zero attached hydrogens (tertiary/aromatic N) is 2. The lowest BCUT2D eigenvalue weighted by Gasteiger charge is -2.01. The van der Waals surface area contributed by atoms with E-state index in [1.165, 1.54) is 10.6 Å². The molecule has 0 unspecified atom stereocenters. The number of hydrogen-bond donors (Lipinski definition) is 0. The summed E-state index contributed by atoms with van der Waals surface area (Å²) in [6, 6.07) is 2.30. The van der Waals surface area contributed by atoms with E-state index in [-0.39, 0.29) is 12.1 Å². The van der Waals surface area contributed by atoms with Crippen molar-refractivity contribution in [1.29, 1.82) is 0 Å². The minimum Gasteiger partial charge on any atom is -0.444 e. The van der Waals surface area contributed by atoms with Crippen molar-refractivity contribution in [2.75, 3.05) is 0 Å². The molecule has 0 atom stereocenters. The van der Waals surface area contributed by atoms with Crippen LogP contribution in [-0.2, 0) is 6.54 Å². The van der Waals surface area contributed by atoms with Gasteiger partial charge in [0.1, 0.15) is 18.1 Å². The number of aryl methyl sites for hydroxylation is 1. The molecule has 0 aliphatic carbocycles. The van der Waals surface area contributed by atoms with Gasteiger partial charge in [0.25, 0.3) is 5.56 Å². The normalized spacial score (nSPS) is 10.5. The van der Waals surface area contributed by atoms with E-state index in [4.69, 9.17) is 4.42 Å². The fraction of sp³-hybridized carbons (Fsp3) is 0.200. The van der Waals surface area contributed by atoms with Gasteiger partial charge >= 0.3 is 0 Å². The van der Waals surface area contributed by atoms with Crippen LogP contribution in [0.25, 0.3) is 0 Å². The van der Waals surface area contributed by atoms with Crippen molar-refractivity contribution in [2.45, 2.75) is 13.5 Å². The molecule has 0 amide bonds. The van der Waals surface area contributed by atoms with E-state index in [2.05, 4.69) is 4.98 Å². The molecule has 0 saturated heterocycles. The fourth-order valence-electron chi connectivity index (χ4n) is 1.25. The minimum atomic E-state index is -0.460. The largest absolute Gasteiger partial charge is 0.444 e. The van der Waals surface area contributed by atoms with Gasteiger partial charge in [0.05, 0.1) is 6.20 Å². The van der Waals surface area contributed by atoms with Crippen LogP contribution in [0.3, 0.4) is 0 Å². The van der Waals surface area contributed by atoms with E-state index in [0.29, 0.717) is 11.7 Å². The third kappa shape index (κ3) is 2.12. The van der Waals surface area contributed by atoms with E-state index < -0.39 is 5.82 Å². The van der Waals surface area contributed by atoms with Crippen LogP contribution in [0.1, 0.15) is 11.7 Å². The molecule has 0 aliphatic rings. The molecule has 2 aromatic rings. The number of pyridine rings is 1. The Morgan fingerprint density at radius 3 is 3.00 bits per heavy atom. The Morgan fingerprint density at radius 2 is 2.33 bits per heavy atom. The van der Waals surface area contributed by atoms with Crippen LogP contribution in [0, 0.1) is 12.7 Å². The van der Waals surface area contributed by atoms with Crippen molar-refractivity contribution >= 4 is 0 Å². The number of hydrogen-bond acceptors (Lipinski definition) is 3. The zero-order chi connectivity index (χ0) is 10.8. The molecule has 0 saturated carbocycles. The predicted octanol–water partition coefficient (Wildman–Crippen LogP) is 1.33. The third-order valence-corrected chi connectivity index (χ3v) is 1.92. The lowest BCUT2D eigenvalue weighted by Crippen LogP contribution is -2.19. The van der Waals surface area contributed by atoms with Gasteiger partial charge in [-0.3, -0.25) is 4.79 Å². The summed E-state index contributed by atoms with van der Waals surface area (Å²) in [5.41, 5.74) is -0.285. The zero-order valence-corrected chi connectivity index (χ0v) is 8.11. The van der Waals surface area contributed by atoms with Crippen LogP contribution >= 0.6 is 0 Å². The van der Waals surface area contributed by atoms with Crippen molar-refractivity contribution in [3.63, 3.8) is 0 Å². The Balaban J connectivity index is 2.31. The van der Waals surface area contributed by atoms with Crippen LogP contribution < -0.4 is 5.56 Å². The van der Waals surface area contributed by atoms with Crippen LogP contribution in [0.4, 0.5) is 4.39 Å². The van der Waals surface area contributed by atoms with E-state index in [0.717, 1.165) is 12.3 Å². The standard InChI is InChI=1S/C10H9FN2O2/c1-7-4-12-9(15-7)6-13-5-8(11)2-3-10(13)14/h2-5H,6H2,1H3. The molecule has 0 aromatic carbocycles. The van der Waals surface area contributed by atoms with Crippen molar-refractivity contribution in [3.8, 4) is 0 Å². The summed E-state index contributed by atoms with van der Waals surface area (Å²) < 4.78 is 19.2. The molecule has 0 spiro atoms. The fourth-order valence-corrected chi connectivity index (χ4v) is 1.25. The average molecular weight is 208 g/mol. The van der Waals surface area contributed by atoms with Gasteiger partial charge in [0, 0.05) is 12.3 Å². The van der Waals surface area contributed by atoms with E-state index in [1.807, 2.05) is 0 Å². The first kappa shape index (κ1) is 9.64. The molecule has 5 heteroatoms. The maximum Gasteiger partial charge on any atom is 0.251 e. The molecule has 0 aliphatic heterocycles. The highest BCUT2D eigenvalue weighted by Crippen LogP contribution is 2.03. The third-order valence-electron chi connectivity index (χ3n) is 1.92. The number of aromatic nitrogens is 2. The Hall–Kier alpha value is -1.91. The summed E-state index contributed by atoms with van der Waals surface area (Å²) in [7, 11) is 0. The first-order valence-electron chi connectivity index (χ1n) is 4.42. The first-order valence-corrected chi connectivity index (χ1v) is 4.42. The predicted molar refractivity (Wildman–Crippen MR) is 51.0 cm³/mol. The van der Waals surface area contributed by atoms with Crippen LogP contribution in [0.2, 0.25) is 0 Å². The molecular formula is C10H9FN2O2. The van der Waals surface area contributed by atoms with E-state index >= 15 is 0 Å². The quantitative estimate of drug-likeness (QED) is 0.748. The summed E-state index contributed by atoms with van der Waals surface area (Å²) in [6.07, 6.45) is 2.68. The lowest BCUT2D eigenvalue weighted by molar-refractivity contribution is 0.451. The second-order valence-electron chi connectivity index (χ2n) is 3.18. The van der Waals surface area contributed by atoms with Crippen molar-refractivity contribution in [3.05, 3.63) is 52.3 Å². The number of oxazole rings is 1. The van der Waals surface area contributed by atoms with Gasteiger partial charge in [0.2, 0.25) is 5.89 Å². The molecule has 78 valence electrons. The highest BCUT2D eigenvalue weighted by molar-refractivity contribution is 4.99. The second kappa shape index (κ2) is 3.68. The van der Waals surface area contributed by atoms with Crippen molar-refractivity contribution in [2.24, 2.45) is 0 Å². The summed E-state index contributed by atoms with van der Waals surface area (Å²) in [6.45, 7) is 1.90. The monoisotopic (exact) mass is 208 g/mol. The molecule has 0 radical (unpaired) electrons. The molecule has 2 heterocycles. The average Bonchev–Trinajstić information content (AvgIpc) is 2.58. The van der Waals surface area contributed by atoms with Crippen LogP contribution in [-0.4, -0.2) is 9.55 Å². The molecule has 0 bridgehead atoms. The van der Waals surface area contributed by atoms with Gasteiger partial charge in [-0.1, -0.05) is 0 Å². The molecule has 2 aromatic heterocycles. The van der Waals surface area contributed by atoms with Crippen LogP contribution in [0.5, 0.6) is 0 Å². The Labute approximate surface area is 85.0 Å². The number of halogens is 1. The molecule has 0 N–H and O–H groups in total. The maximum atomic E-state index is 12.8. The topological polar surface area (TPSA) is 48.0 Å². The molecular weight excluding hydrogens is 199 g/mol. The van der Waals surface area contributed by atoms with Crippen LogP contribution in [0.15, 0.2) is 33.7 Å². The summed E-state index contributed by atoms with van der Waals surface area (Å²) in [4.78, 5) is 15.2. The molecule has 0 fully saturated rings. The smallest absolute Gasteiger partial charge is 0.251 e. The number of rotatable bonds is 2. The lowest BCUT2D eigenvalue weighted by atomic mass is 10.4. The van der Waals surface area contributed by atoms with E-state index in [1.54, 1.807) is 13.1 Å². The van der Waals surface area contributed by atoms with Gasteiger partial charge < -0.3 is 8.98 Å². The maximum absolute atomic E-state index is 12.8. The Kier molecular flexibility index (Phi) is 2.37. The SMILES string of the molecule is Cc1cnc(Cn2cc(F)ccc2=O)o1. The highest BCUT2D eigenvalue weighted by atomic mass is 19.1. The van der Waals surface area contributed by atoms with Gasteiger partial charge in [-0.2, -0.15) is 0 Å². The minimum absolute atomic E-state index is 0.143. The Morgan fingerprint density at radius 1 is 1.53 bits per heavy atom. The summed E-state index contributed by atoms with van der Waals surface area (Å²) >= 11 is 0. The van der Waals surface area contributed by atoms with Gasteiger partial charge in [-0.25, -0.2) is 9.37 Å².